The Kier molecular flexibility index (Phi) is 6.55. The number of esters is 1. The lowest BCUT2D eigenvalue weighted by molar-refractivity contribution is 0.0638. The lowest BCUT2D eigenvalue weighted by Gasteiger charge is -2.03. The fourth-order valence-electron chi connectivity index (χ4n) is 1.51. The summed E-state index contributed by atoms with van der Waals surface area (Å²) < 4.78 is 5.12. The van der Waals surface area contributed by atoms with Crippen molar-refractivity contribution >= 4 is 5.97 Å². The van der Waals surface area contributed by atoms with Gasteiger partial charge in [0, 0.05) is 0 Å². The van der Waals surface area contributed by atoms with E-state index in [-0.39, 0.29) is 5.97 Å². The number of hydrogen-bond acceptors (Lipinski definition) is 2. The second kappa shape index (κ2) is 8.29. The van der Waals surface area contributed by atoms with Crippen LogP contribution < -0.4 is 0 Å². The first-order valence-electron chi connectivity index (χ1n) is 6.36. The van der Waals surface area contributed by atoms with Gasteiger partial charge in [0.2, 0.25) is 0 Å². The summed E-state index contributed by atoms with van der Waals surface area (Å²) in [5.74, 6) is 0.0270. The molecule has 0 heterocycles. The molecule has 0 saturated carbocycles. The lowest BCUT2D eigenvalue weighted by Crippen LogP contribution is -2.02. The highest BCUT2D eigenvalue weighted by atomic mass is 16.5. The third-order valence-corrected chi connectivity index (χ3v) is 2.51. The van der Waals surface area contributed by atoms with E-state index in [4.69, 9.17) is 4.74 Å². The molecule has 0 unspecified atom stereocenters. The summed E-state index contributed by atoms with van der Waals surface area (Å²) >= 11 is 0. The molecule has 0 amide bonds. The average Bonchev–Trinajstić information content (AvgIpc) is 2.39. The summed E-state index contributed by atoms with van der Waals surface area (Å²) in [6.07, 6.45) is 8.34. The smallest absolute Gasteiger partial charge is 0.343 e. The normalized spacial score (nSPS) is 10.5. The molecule has 1 aromatic rings. The number of benzene rings is 1. The Morgan fingerprint density at radius 2 is 2.00 bits per heavy atom. The Balaban J connectivity index is 2.34. The van der Waals surface area contributed by atoms with Gasteiger partial charge in [-0.2, -0.15) is 0 Å². The molecule has 0 spiro atoms. The van der Waals surface area contributed by atoms with Gasteiger partial charge in [0.25, 0.3) is 0 Å². The number of allylic oxidation sites excluding steroid dienone is 2. The molecular formula is C16H20O2. The molecule has 0 saturated heterocycles. The van der Waals surface area contributed by atoms with Crippen LogP contribution in [0.2, 0.25) is 0 Å². The van der Waals surface area contributed by atoms with Gasteiger partial charge in [-0.05, 0) is 31.1 Å². The molecule has 1 rings (SSSR count). The molecule has 0 radical (unpaired) electrons. The Labute approximate surface area is 109 Å². The average molecular weight is 244 g/mol. The van der Waals surface area contributed by atoms with E-state index < -0.39 is 0 Å². The first-order valence-corrected chi connectivity index (χ1v) is 6.36. The molecule has 0 aliphatic heterocycles. The summed E-state index contributed by atoms with van der Waals surface area (Å²) in [5.41, 5.74) is 0.540. The van der Waals surface area contributed by atoms with Crippen molar-refractivity contribution in [1.29, 1.82) is 0 Å². The van der Waals surface area contributed by atoms with Crippen LogP contribution >= 0.6 is 0 Å². The highest BCUT2D eigenvalue weighted by Crippen LogP contribution is 2.07. The number of rotatable bonds is 7. The van der Waals surface area contributed by atoms with Gasteiger partial charge in [-0.3, -0.25) is 0 Å². The summed E-state index contributed by atoms with van der Waals surface area (Å²) in [4.78, 5) is 11.7. The molecule has 0 bridgehead atoms. The van der Waals surface area contributed by atoms with Gasteiger partial charge in [-0.25, -0.2) is 4.79 Å². The zero-order valence-corrected chi connectivity index (χ0v) is 10.9. The predicted molar refractivity (Wildman–Crippen MR) is 74.3 cm³/mol. The van der Waals surface area contributed by atoms with Crippen LogP contribution in [0.5, 0.6) is 0 Å². The van der Waals surface area contributed by atoms with Crippen LogP contribution in [0.3, 0.4) is 0 Å². The van der Waals surface area contributed by atoms with Crippen molar-refractivity contribution in [2.45, 2.75) is 32.6 Å². The topological polar surface area (TPSA) is 26.3 Å². The molecule has 0 aliphatic rings. The molecule has 0 aliphatic carbocycles. The molecule has 0 N–H and O–H groups in total. The number of hydrogen-bond donors (Lipinski definition) is 0. The van der Waals surface area contributed by atoms with E-state index >= 15 is 0 Å². The highest BCUT2D eigenvalue weighted by molar-refractivity contribution is 5.90. The molecule has 0 atom stereocenters. The standard InChI is InChI=1S/C16H20O2/c1-3-4-5-6-8-11-14(2)18-16(17)15-12-9-7-10-13-15/h7-13H,2-6H2,1H3/b11-8+. The fourth-order valence-corrected chi connectivity index (χ4v) is 1.51. The van der Waals surface area contributed by atoms with Gasteiger partial charge in [0.05, 0.1) is 5.56 Å². The molecule has 2 heteroatoms. The van der Waals surface area contributed by atoms with Crippen molar-refractivity contribution in [3.8, 4) is 0 Å². The summed E-state index contributed by atoms with van der Waals surface area (Å²) in [7, 11) is 0. The van der Waals surface area contributed by atoms with Crippen LogP contribution in [-0.2, 0) is 4.74 Å². The maximum absolute atomic E-state index is 11.7. The fraction of sp³-hybridized carbons (Fsp3) is 0.312. The molecule has 18 heavy (non-hydrogen) atoms. The van der Waals surface area contributed by atoms with Crippen molar-refractivity contribution in [1.82, 2.24) is 0 Å². The predicted octanol–water partition coefficient (Wildman–Crippen LogP) is 4.49. The zero-order valence-electron chi connectivity index (χ0n) is 10.9. The molecule has 96 valence electrons. The lowest BCUT2D eigenvalue weighted by atomic mass is 10.2. The summed E-state index contributed by atoms with van der Waals surface area (Å²) in [6.45, 7) is 5.88. The summed E-state index contributed by atoms with van der Waals surface area (Å²) in [5, 5.41) is 0. The van der Waals surface area contributed by atoms with Crippen LogP contribution in [0, 0.1) is 0 Å². The monoisotopic (exact) mass is 244 g/mol. The largest absolute Gasteiger partial charge is 0.424 e. The van der Waals surface area contributed by atoms with E-state index in [1.54, 1.807) is 30.3 Å². The number of carbonyl (C=O) groups is 1. The Hall–Kier alpha value is -1.83. The molecule has 0 fully saturated rings. The van der Waals surface area contributed by atoms with Gasteiger partial charge >= 0.3 is 5.97 Å². The van der Waals surface area contributed by atoms with Gasteiger partial charge in [-0.1, -0.05) is 50.6 Å². The molecule has 0 aromatic heterocycles. The maximum atomic E-state index is 11.7. The van der Waals surface area contributed by atoms with Crippen LogP contribution in [0.1, 0.15) is 43.0 Å². The number of carbonyl (C=O) groups excluding carboxylic acids is 1. The van der Waals surface area contributed by atoms with Gasteiger partial charge < -0.3 is 4.74 Å². The first kappa shape index (κ1) is 14.2. The van der Waals surface area contributed by atoms with Crippen molar-refractivity contribution in [3.63, 3.8) is 0 Å². The quantitative estimate of drug-likeness (QED) is 0.305. The number of ether oxygens (including phenoxy) is 1. The summed E-state index contributed by atoms with van der Waals surface area (Å²) in [6, 6.07) is 8.92. The minimum atomic E-state index is -0.362. The third kappa shape index (κ3) is 5.48. The second-order valence-corrected chi connectivity index (χ2v) is 4.12. The first-order chi connectivity index (χ1) is 8.74. The van der Waals surface area contributed by atoms with E-state index in [1.807, 2.05) is 12.1 Å². The van der Waals surface area contributed by atoms with Crippen molar-refractivity contribution < 1.29 is 9.53 Å². The Morgan fingerprint density at radius 1 is 1.28 bits per heavy atom. The number of unbranched alkanes of at least 4 members (excludes halogenated alkanes) is 3. The Morgan fingerprint density at radius 3 is 2.67 bits per heavy atom. The minimum Gasteiger partial charge on any atom is -0.424 e. The van der Waals surface area contributed by atoms with Crippen LogP contribution in [-0.4, -0.2) is 5.97 Å². The van der Waals surface area contributed by atoms with Crippen LogP contribution in [0.4, 0.5) is 0 Å². The van der Waals surface area contributed by atoms with E-state index in [2.05, 4.69) is 13.5 Å². The molecule has 2 nitrogen and oxygen atoms in total. The zero-order chi connectivity index (χ0) is 13.2. The molecule has 1 aromatic carbocycles. The van der Waals surface area contributed by atoms with E-state index in [9.17, 15) is 4.79 Å². The van der Waals surface area contributed by atoms with Crippen molar-refractivity contribution in [2.75, 3.05) is 0 Å². The van der Waals surface area contributed by atoms with Gasteiger partial charge in [0.15, 0.2) is 0 Å². The third-order valence-electron chi connectivity index (χ3n) is 2.51. The maximum Gasteiger partial charge on any atom is 0.343 e. The minimum absolute atomic E-state index is 0.362. The Bertz CT molecular complexity index is 404. The van der Waals surface area contributed by atoms with E-state index in [0.29, 0.717) is 11.3 Å². The molecular weight excluding hydrogens is 224 g/mol. The van der Waals surface area contributed by atoms with Crippen LogP contribution in [0.25, 0.3) is 0 Å². The van der Waals surface area contributed by atoms with E-state index in [0.717, 1.165) is 12.8 Å². The highest BCUT2D eigenvalue weighted by Gasteiger charge is 2.06. The van der Waals surface area contributed by atoms with Crippen LogP contribution in [0.15, 0.2) is 54.8 Å². The van der Waals surface area contributed by atoms with Gasteiger partial charge in [0.1, 0.15) is 5.76 Å². The van der Waals surface area contributed by atoms with Crippen molar-refractivity contribution in [3.05, 3.63) is 60.4 Å². The van der Waals surface area contributed by atoms with Gasteiger partial charge in [-0.15, -0.1) is 0 Å². The van der Waals surface area contributed by atoms with E-state index in [1.165, 1.54) is 12.8 Å². The van der Waals surface area contributed by atoms with Crippen molar-refractivity contribution in [2.24, 2.45) is 0 Å². The SMILES string of the molecule is C=C(/C=C/CCCCC)OC(=O)c1ccccc1. The second-order valence-electron chi connectivity index (χ2n) is 4.12.